The molecule has 0 bridgehead atoms. The van der Waals surface area contributed by atoms with E-state index in [1.165, 1.54) is 6.20 Å². The lowest BCUT2D eigenvalue weighted by molar-refractivity contribution is 0.210. The molecule has 2 N–H and O–H groups in total. The Morgan fingerprint density at radius 2 is 1.88 bits per heavy atom. The predicted molar refractivity (Wildman–Crippen MR) is 59.9 cm³/mol. The third-order valence-electron chi connectivity index (χ3n) is 2.02. The minimum absolute atomic E-state index is 0.340. The third kappa shape index (κ3) is 2.36. The maximum Gasteiger partial charge on any atom is 0.410 e. The number of benzene rings is 1. The van der Waals surface area contributed by atoms with Gasteiger partial charge < -0.3 is 10.5 Å². The van der Waals surface area contributed by atoms with Crippen molar-refractivity contribution in [2.24, 2.45) is 5.73 Å². The number of hydrogen-bond donors (Lipinski definition) is 1. The highest BCUT2D eigenvalue weighted by atomic mass is 16.5. The SMILES string of the molecule is NC(=O)Oc1ccc(-c2ccccc2)nc1. The van der Waals surface area contributed by atoms with Crippen LogP contribution in [0.25, 0.3) is 11.3 Å². The lowest BCUT2D eigenvalue weighted by Crippen LogP contribution is -2.16. The molecule has 16 heavy (non-hydrogen) atoms. The molecule has 0 aliphatic rings. The van der Waals surface area contributed by atoms with Gasteiger partial charge >= 0.3 is 6.09 Å². The van der Waals surface area contributed by atoms with Crippen LogP contribution in [0.1, 0.15) is 0 Å². The van der Waals surface area contributed by atoms with E-state index in [0.717, 1.165) is 11.3 Å². The van der Waals surface area contributed by atoms with Crippen molar-refractivity contribution in [2.75, 3.05) is 0 Å². The summed E-state index contributed by atoms with van der Waals surface area (Å²) in [4.78, 5) is 14.7. The molecule has 1 heterocycles. The number of carbonyl (C=O) groups excluding carboxylic acids is 1. The molecule has 1 aromatic carbocycles. The third-order valence-corrected chi connectivity index (χ3v) is 2.02. The van der Waals surface area contributed by atoms with Crippen molar-refractivity contribution in [3.05, 3.63) is 48.7 Å². The first-order valence-corrected chi connectivity index (χ1v) is 4.74. The molecule has 0 fully saturated rings. The average molecular weight is 214 g/mol. The molecule has 0 spiro atoms. The van der Waals surface area contributed by atoms with Gasteiger partial charge in [0.25, 0.3) is 0 Å². The maximum absolute atomic E-state index is 10.5. The molecule has 1 aromatic heterocycles. The normalized spacial score (nSPS) is 9.75. The Hall–Kier alpha value is -2.36. The Balaban J connectivity index is 2.23. The van der Waals surface area contributed by atoms with Crippen LogP contribution in [0.5, 0.6) is 5.75 Å². The zero-order chi connectivity index (χ0) is 11.4. The largest absolute Gasteiger partial charge is 0.410 e. The molecule has 0 aliphatic carbocycles. The summed E-state index contributed by atoms with van der Waals surface area (Å²) in [5, 5.41) is 0. The van der Waals surface area contributed by atoms with Gasteiger partial charge in [0.2, 0.25) is 0 Å². The predicted octanol–water partition coefficient (Wildman–Crippen LogP) is 2.21. The number of rotatable bonds is 2. The van der Waals surface area contributed by atoms with Crippen molar-refractivity contribution >= 4 is 6.09 Å². The second-order valence-electron chi connectivity index (χ2n) is 3.17. The molecule has 0 saturated heterocycles. The Bertz CT molecular complexity index is 480. The van der Waals surface area contributed by atoms with Gasteiger partial charge in [-0.15, -0.1) is 0 Å². The molecule has 1 amide bonds. The van der Waals surface area contributed by atoms with Crippen LogP contribution in [-0.2, 0) is 0 Å². The molecule has 0 radical (unpaired) electrons. The number of ether oxygens (including phenoxy) is 1. The van der Waals surface area contributed by atoms with E-state index in [1.54, 1.807) is 12.1 Å². The number of nitrogens with zero attached hydrogens (tertiary/aromatic N) is 1. The molecule has 0 unspecified atom stereocenters. The van der Waals surface area contributed by atoms with Crippen molar-refractivity contribution < 1.29 is 9.53 Å². The second kappa shape index (κ2) is 4.44. The van der Waals surface area contributed by atoms with Crippen LogP contribution in [0.4, 0.5) is 4.79 Å². The van der Waals surface area contributed by atoms with Gasteiger partial charge in [-0.2, -0.15) is 0 Å². The molecule has 80 valence electrons. The minimum atomic E-state index is -0.839. The smallest absolute Gasteiger partial charge is 0.409 e. The lowest BCUT2D eigenvalue weighted by atomic mass is 10.1. The Labute approximate surface area is 92.7 Å². The quantitative estimate of drug-likeness (QED) is 0.833. The van der Waals surface area contributed by atoms with E-state index in [1.807, 2.05) is 30.3 Å². The standard InChI is InChI=1S/C12H10N2O2/c13-12(15)16-10-6-7-11(14-8-10)9-4-2-1-3-5-9/h1-8H,(H2,13,15). The van der Waals surface area contributed by atoms with Gasteiger partial charge in [-0.3, -0.25) is 4.98 Å². The summed E-state index contributed by atoms with van der Waals surface area (Å²) >= 11 is 0. The Morgan fingerprint density at radius 1 is 1.12 bits per heavy atom. The Morgan fingerprint density at radius 3 is 2.44 bits per heavy atom. The molecule has 0 atom stereocenters. The van der Waals surface area contributed by atoms with Gasteiger partial charge in [0.05, 0.1) is 11.9 Å². The number of pyridine rings is 1. The fourth-order valence-corrected chi connectivity index (χ4v) is 1.34. The lowest BCUT2D eigenvalue weighted by Gasteiger charge is -2.02. The molecule has 4 heteroatoms. The number of amides is 1. The van der Waals surface area contributed by atoms with E-state index in [4.69, 9.17) is 5.73 Å². The van der Waals surface area contributed by atoms with Gasteiger partial charge in [-0.1, -0.05) is 30.3 Å². The van der Waals surface area contributed by atoms with Crippen molar-refractivity contribution in [1.82, 2.24) is 4.98 Å². The van der Waals surface area contributed by atoms with E-state index in [-0.39, 0.29) is 0 Å². The average Bonchev–Trinajstić information content (AvgIpc) is 2.30. The maximum atomic E-state index is 10.5. The molecule has 2 rings (SSSR count). The van der Waals surface area contributed by atoms with Crippen LogP contribution in [0, 0.1) is 0 Å². The number of nitrogens with two attached hydrogens (primary N) is 1. The molecular formula is C12H10N2O2. The zero-order valence-electron chi connectivity index (χ0n) is 8.46. The number of primary amides is 1. The second-order valence-corrected chi connectivity index (χ2v) is 3.17. The summed E-state index contributed by atoms with van der Waals surface area (Å²) in [7, 11) is 0. The number of hydrogen-bond acceptors (Lipinski definition) is 3. The molecule has 2 aromatic rings. The van der Waals surface area contributed by atoms with Crippen molar-refractivity contribution in [2.45, 2.75) is 0 Å². The number of aromatic nitrogens is 1. The first-order valence-electron chi connectivity index (χ1n) is 4.74. The molecule has 0 aliphatic heterocycles. The van der Waals surface area contributed by atoms with Crippen LogP contribution in [0.2, 0.25) is 0 Å². The zero-order valence-corrected chi connectivity index (χ0v) is 8.46. The highest BCUT2D eigenvalue weighted by molar-refractivity contribution is 5.68. The molecular weight excluding hydrogens is 204 g/mol. The van der Waals surface area contributed by atoms with Crippen LogP contribution >= 0.6 is 0 Å². The van der Waals surface area contributed by atoms with Gasteiger partial charge in [-0.05, 0) is 12.1 Å². The summed E-state index contributed by atoms with van der Waals surface area (Å²) < 4.78 is 4.68. The highest BCUT2D eigenvalue weighted by Crippen LogP contribution is 2.18. The van der Waals surface area contributed by atoms with Crippen molar-refractivity contribution in [3.63, 3.8) is 0 Å². The Kier molecular flexibility index (Phi) is 2.82. The van der Waals surface area contributed by atoms with Gasteiger partial charge in [-0.25, -0.2) is 4.79 Å². The summed E-state index contributed by atoms with van der Waals surface area (Å²) in [6.07, 6.45) is 0.627. The van der Waals surface area contributed by atoms with E-state index in [9.17, 15) is 4.79 Å². The van der Waals surface area contributed by atoms with E-state index < -0.39 is 6.09 Å². The van der Waals surface area contributed by atoms with Crippen LogP contribution < -0.4 is 10.5 Å². The molecule has 4 nitrogen and oxygen atoms in total. The minimum Gasteiger partial charge on any atom is -0.409 e. The number of carbonyl (C=O) groups is 1. The van der Waals surface area contributed by atoms with E-state index >= 15 is 0 Å². The van der Waals surface area contributed by atoms with E-state index in [0.29, 0.717) is 5.75 Å². The highest BCUT2D eigenvalue weighted by Gasteiger charge is 2.01. The van der Waals surface area contributed by atoms with Gasteiger partial charge in [0.1, 0.15) is 0 Å². The topological polar surface area (TPSA) is 65.2 Å². The van der Waals surface area contributed by atoms with Gasteiger partial charge in [0.15, 0.2) is 5.75 Å². The first kappa shape index (κ1) is 10.2. The van der Waals surface area contributed by atoms with Crippen molar-refractivity contribution in [1.29, 1.82) is 0 Å². The van der Waals surface area contributed by atoms with Gasteiger partial charge in [0, 0.05) is 5.56 Å². The van der Waals surface area contributed by atoms with Crippen LogP contribution in [-0.4, -0.2) is 11.1 Å². The van der Waals surface area contributed by atoms with Crippen LogP contribution in [0.15, 0.2) is 48.7 Å². The summed E-state index contributed by atoms with van der Waals surface area (Å²) in [5.74, 6) is 0.340. The fourth-order valence-electron chi connectivity index (χ4n) is 1.34. The first-order chi connectivity index (χ1) is 7.75. The van der Waals surface area contributed by atoms with Crippen LogP contribution in [0.3, 0.4) is 0 Å². The summed E-state index contributed by atoms with van der Waals surface area (Å²) in [5.41, 5.74) is 6.71. The van der Waals surface area contributed by atoms with Crippen molar-refractivity contribution in [3.8, 4) is 17.0 Å². The summed E-state index contributed by atoms with van der Waals surface area (Å²) in [6.45, 7) is 0. The summed E-state index contributed by atoms with van der Waals surface area (Å²) in [6, 6.07) is 13.1. The monoisotopic (exact) mass is 214 g/mol. The fraction of sp³-hybridized carbons (Fsp3) is 0. The van der Waals surface area contributed by atoms with E-state index in [2.05, 4.69) is 9.72 Å². The molecule has 0 saturated carbocycles.